The first-order valence-corrected chi connectivity index (χ1v) is 36.7. The number of hydrogen-bond donors (Lipinski definition) is 0. The molecule has 0 saturated carbocycles. The van der Waals surface area contributed by atoms with Gasteiger partial charge in [0.25, 0.3) is 23.6 Å². The van der Waals surface area contributed by atoms with Crippen molar-refractivity contribution in [2.24, 2.45) is 11.8 Å². The lowest BCUT2D eigenvalue weighted by atomic mass is 9.93. The number of rotatable bonds is 44. The average Bonchev–Trinajstić information content (AvgIpc) is 1.90. The van der Waals surface area contributed by atoms with E-state index < -0.39 is 23.6 Å². The molecule has 0 aromatic heterocycles. The SMILES string of the molecule is CCCCCCCCCCCCC(CCCCCCCCCC)CN1C(=O)c2c(C#N)c3c(c(C#N)c2C1=O)SC(=C1Sc2c(C#N)c4c(c(C#N)c2S1)C(=O)N(CC(CCCCCCCCCC)CCCCCCCCCCCC)C4=O)S3. The molecule has 0 fully saturated rings. The predicted molar refractivity (Wildman–Crippen MR) is 347 cm³/mol. The van der Waals surface area contributed by atoms with Gasteiger partial charge in [-0.15, -0.1) is 0 Å². The molecule has 0 radical (unpaired) electrons. The summed E-state index contributed by atoms with van der Waals surface area (Å²) in [4.78, 5) is 62.8. The molecule has 6 rings (SSSR count). The third-order valence-corrected chi connectivity index (χ3v) is 23.6. The summed E-state index contributed by atoms with van der Waals surface area (Å²) >= 11 is 4.98. The zero-order chi connectivity index (χ0) is 60.1. The third-order valence-electron chi connectivity index (χ3n) is 17.8. The number of amides is 4. The first-order chi connectivity index (χ1) is 41.1. The summed E-state index contributed by atoms with van der Waals surface area (Å²) < 4.78 is 1.32. The molecule has 0 bridgehead atoms. The highest BCUT2D eigenvalue weighted by atomic mass is 32.2. The van der Waals surface area contributed by atoms with Crippen molar-refractivity contribution in [1.29, 1.82) is 21.0 Å². The Labute approximate surface area is 523 Å². The van der Waals surface area contributed by atoms with Crippen molar-refractivity contribution in [3.63, 3.8) is 0 Å². The number of unbranched alkanes of at least 4 members (excludes halogenated alkanes) is 32. The van der Waals surface area contributed by atoms with Crippen LogP contribution in [0.3, 0.4) is 0 Å². The first-order valence-electron chi connectivity index (χ1n) is 33.4. The van der Waals surface area contributed by atoms with Gasteiger partial charge in [0.05, 0.1) is 53.0 Å². The van der Waals surface area contributed by atoms with Crippen LogP contribution in [0.2, 0.25) is 0 Å². The smallest absolute Gasteiger partial charge is 0.262 e. The van der Waals surface area contributed by atoms with Crippen molar-refractivity contribution in [2.45, 2.75) is 304 Å². The van der Waals surface area contributed by atoms with Gasteiger partial charge in [-0.2, -0.15) is 21.0 Å². The fourth-order valence-electron chi connectivity index (χ4n) is 12.9. The molecule has 2 unspecified atom stereocenters. The number of nitrogens with zero attached hydrogens (tertiary/aromatic N) is 6. The number of benzene rings is 2. The van der Waals surface area contributed by atoms with Crippen LogP contribution < -0.4 is 0 Å². The van der Waals surface area contributed by atoms with E-state index in [9.17, 15) is 40.2 Å². The summed E-state index contributed by atoms with van der Waals surface area (Å²) in [5.74, 6) is -1.84. The molecule has 0 saturated heterocycles. The maximum Gasteiger partial charge on any atom is 0.262 e. The van der Waals surface area contributed by atoms with E-state index in [2.05, 4.69) is 52.0 Å². The van der Waals surface area contributed by atoms with E-state index in [1.54, 1.807) is 0 Å². The van der Waals surface area contributed by atoms with Crippen molar-refractivity contribution >= 4 is 70.7 Å². The van der Waals surface area contributed by atoms with Crippen LogP contribution in [0.15, 0.2) is 28.1 Å². The highest BCUT2D eigenvalue weighted by Gasteiger charge is 2.48. The summed E-state index contributed by atoms with van der Waals surface area (Å²) in [6, 6.07) is 9.09. The molecule has 0 N–H and O–H groups in total. The molecule has 4 heterocycles. The van der Waals surface area contributed by atoms with Crippen molar-refractivity contribution < 1.29 is 19.2 Å². The lowest BCUT2D eigenvalue weighted by Crippen LogP contribution is -2.35. The van der Waals surface area contributed by atoms with Gasteiger partial charge in [-0.1, -0.05) is 306 Å². The summed E-state index contributed by atoms with van der Waals surface area (Å²) in [5, 5.41) is 43.4. The Kier molecular flexibility index (Phi) is 31.3. The molecule has 14 heteroatoms. The second-order valence-corrected chi connectivity index (χ2v) is 29.0. The van der Waals surface area contributed by atoms with E-state index in [-0.39, 0.29) is 69.4 Å². The zero-order valence-corrected chi connectivity index (χ0v) is 55.1. The van der Waals surface area contributed by atoms with Crippen LogP contribution in [-0.4, -0.2) is 46.5 Å². The highest BCUT2D eigenvalue weighted by molar-refractivity contribution is 8.30. The molecule has 4 aliphatic rings. The van der Waals surface area contributed by atoms with Crippen LogP contribution in [-0.2, 0) is 0 Å². The predicted octanol–water partition coefficient (Wildman–Crippen LogP) is 21.5. The standard InChI is InChI=1S/C70H98N6O4S4/c1-5-9-13-17-21-25-27-31-35-39-43-51(41-37-33-29-23-19-15-11-7-3)49-75-65(77)57-53(45-71)61-62(54(46-72)58(57)66(75)78)82-69(81-61)70-83-63-55(47-73)59-60(56(48-74)64(63)84-70)68(80)76(67(59)79)50-52(42-38-34-30-24-20-16-12-8-4)44-40-36-32-28-26-22-18-14-10-6-2/h51-52H,5-44,49-50H2,1-4H3. The van der Waals surface area contributed by atoms with Crippen LogP contribution in [0.1, 0.15) is 348 Å². The van der Waals surface area contributed by atoms with Crippen molar-refractivity contribution in [3.05, 3.63) is 53.0 Å². The Hall–Kier alpha value is -4.18. The van der Waals surface area contributed by atoms with Gasteiger partial charge in [-0.05, 0) is 37.5 Å². The van der Waals surface area contributed by atoms with Gasteiger partial charge in [-0.3, -0.25) is 29.0 Å². The molecule has 10 nitrogen and oxygen atoms in total. The number of nitriles is 4. The minimum atomic E-state index is -0.521. The number of carbonyl (C=O) groups excluding carboxylic acids is 4. The van der Waals surface area contributed by atoms with Gasteiger partial charge in [-0.25, -0.2) is 0 Å². The van der Waals surface area contributed by atoms with E-state index in [1.165, 1.54) is 237 Å². The Balaban J connectivity index is 1.16. The summed E-state index contributed by atoms with van der Waals surface area (Å²) in [5.41, 5.74) is 0.294. The molecule has 456 valence electrons. The van der Waals surface area contributed by atoms with E-state index in [4.69, 9.17) is 0 Å². The van der Waals surface area contributed by atoms with Crippen LogP contribution in [0, 0.1) is 57.2 Å². The molecule has 0 aliphatic carbocycles. The topological polar surface area (TPSA) is 170 Å². The van der Waals surface area contributed by atoms with Gasteiger partial charge in [0.15, 0.2) is 0 Å². The molecule has 2 aromatic carbocycles. The monoisotopic (exact) mass is 1210 g/mol. The molecule has 2 aromatic rings. The second kappa shape index (κ2) is 38.2. The van der Waals surface area contributed by atoms with E-state index in [0.29, 0.717) is 28.1 Å². The van der Waals surface area contributed by atoms with Gasteiger partial charge in [0, 0.05) is 32.7 Å². The third kappa shape index (κ3) is 18.9. The molecular formula is C70H98N6O4S4. The van der Waals surface area contributed by atoms with E-state index >= 15 is 0 Å². The molecule has 0 spiro atoms. The maximum absolute atomic E-state index is 14.6. The summed E-state index contributed by atoms with van der Waals surface area (Å²) in [6.07, 6.45) is 47.5. The Morgan fingerprint density at radius 1 is 0.298 bits per heavy atom. The normalized spacial score (nSPS) is 14.9. The van der Waals surface area contributed by atoms with Gasteiger partial charge in [0.1, 0.15) is 24.3 Å². The Morgan fingerprint density at radius 3 is 0.655 bits per heavy atom. The lowest BCUT2D eigenvalue weighted by molar-refractivity contribution is 0.0606. The zero-order valence-electron chi connectivity index (χ0n) is 51.8. The highest BCUT2D eigenvalue weighted by Crippen LogP contribution is 2.65. The molecule has 84 heavy (non-hydrogen) atoms. The van der Waals surface area contributed by atoms with Crippen molar-refractivity contribution in [3.8, 4) is 24.3 Å². The van der Waals surface area contributed by atoms with Crippen LogP contribution in [0.5, 0.6) is 0 Å². The number of carbonyl (C=O) groups is 4. The lowest BCUT2D eigenvalue weighted by Gasteiger charge is -2.23. The number of fused-ring (bicyclic) bond motifs is 4. The first kappa shape index (κ1) is 68.9. The number of imide groups is 2. The molecule has 4 aliphatic heterocycles. The van der Waals surface area contributed by atoms with E-state index in [1.807, 2.05) is 0 Å². The summed E-state index contributed by atoms with van der Waals surface area (Å²) in [7, 11) is 0. The Morgan fingerprint density at radius 2 is 0.476 bits per heavy atom. The quantitative estimate of drug-likeness (QED) is 0.0455. The van der Waals surface area contributed by atoms with Crippen LogP contribution in [0.25, 0.3) is 0 Å². The summed E-state index contributed by atoms with van der Waals surface area (Å²) in [6.45, 7) is 9.48. The number of hydrogen-bond acceptors (Lipinski definition) is 12. The van der Waals surface area contributed by atoms with Gasteiger partial charge >= 0.3 is 0 Å². The fraction of sp³-hybridized carbons (Fsp3) is 0.686. The maximum atomic E-state index is 14.6. The van der Waals surface area contributed by atoms with Crippen LogP contribution in [0.4, 0.5) is 0 Å². The van der Waals surface area contributed by atoms with Crippen molar-refractivity contribution in [1.82, 2.24) is 9.80 Å². The van der Waals surface area contributed by atoms with Crippen LogP contribution >= 0.6 is 47.0 Å². The number of thioether (sulfide) groups is 4. The molecular weight excluding hydrogens is 1120 g/mol. The second-order valence-electron chi connectivity index (χ2n) is 24.4. The van der Waals surface area contributed by atoms with Gasteiger partial charge in [0.2, 0.25) is 0 Å². The van der Waals surface area contributed by atoms with Crippen molar-refractivity contribution in [2.75, 3.05) is 13.1 Å². The average molecular weight is 1220 g/mol. The van der Waals surface area contributed by atoms with E-state index in [0.717, 1.165) is 77.0 Å². The molecule has 4 amide bonds. The minimum absolute atomic E-state index is 0.00277. The Bertz CT molecular complexity index is 2430. The largest absolute Gasteiger partial charge is 0.274 e. The fourth-order valence-corrected chi connectivity index (χ4v) is 18.5. The molecule has 2 atom stereocenters. The van der Waals surface area contributed by atoms with Gasteiger partial charge < -0.3 is 0 Å². The minimum Gasteiger partial charge on any atom is -0.274 e.